The SMILES string of the molecule is CCCCCCC(C=O)c1ccc(Cl)nc1.CCCCCCC(CO)c1ccc(Cl)nc1. The molecule has 0 aliphatic heterocycles. The number of aliphatic hydroxyl groups excluding tert-OH is 1. The zero-order chi connectivity index (χ0) is 23.6. The smallest absolute Gasteiger partial charge is 0.129 e. The van der Waals surface area contributed by atoms with Crippen molar-refractivity contribution in [3.63, 3.8) is 0 Å². The maximum absolute atomic E-state index is 11.0. The van der Waals surface area contributed by atoms with E-state index >= 15 is 0 Å². The number of rotatable bonds is 14. The molecule has 0 aliphatic rings. The van der Waals surface area contributed by atoms with Gasteiger partial charge in [0.25, 0.3) is 0 Å². The van der Waals surface area contributed by atoms with Crippen LogP contribution in [0, 0.1) is 0 Å². The standard InChI is InChI=1S/C13H20ClNO.C13H18ClNO/c2*1-2-3-4-5-6-12(10-16)11-7-8-13(14)15-9-11/h7-9,12,16H,2-6,10H2,1H3;7-10,12H,2-6H2,1H3. The second kappa shape index (κ2) is 18.0. The molecular weight excluding hydrogens is 443 g/mol. The summed E-state index contributed by atoms with van der Waals surface area (Å²) >= 11 is 11.4. The molecular formula is C26H38Cl2N2O2. The first-order valence-corrected chi connectivity index (χ1v) is 12.6. The van der Waals surface area contributed by atoms with Gasteiger partial charge in [-0.3, -0.25) is 0 Å². The first-order chi connectivity index (χ1) is 15.5. The van der Waals surface area contributed by atoms with E-state index in [1.54, 1.807) is 24.5 Å². The highest BCUT2D eigenvalue weighted by Crippen LogP contribution is 2.23. The molecule has 32 heavy (non-hydrogen) atoms. The fourth-order valence-corrected chi connectivity index (χ4v) is 3.74. The van der Waals surface area contributed by atoms with Crippen molar-refractivity contribution in [1.29, 1.82) is 0 Å². The number of pyridine rings is 2. The van der Waals surface area contributed by atoms with Crippen LogP contribution in [-0.2, 0) is 4.79 Å². The predicted octanol–water partition coefficient (Wildman–Crippen LogP) is 7.77. The number of hydrogen-bond acceptors (Lipinski definition) is 4. The molecule has 4 nitrogen and oxygen atoms in total. The summed E-state index contributed by atoms with van der Waals surface area (Å²) in [5.74, 6) is 0.184. The lowest BCUT2D eigenvalue weighted by atomic mass is 9.95. The fourth-order valence-electron chi connectivity index (χ4n) is 3.52. The van der Waals surface area contributed by atoms with Gasteiger partial charge in [0.1, 0.15) is 16.6 Å². The van der Waals surface area contributed by atoms with E-state index in [-0.39, 0.29) is 18.4 Å². The van der Waals surface area contributed by atoms with Crippen molar-refractivity contribution >= 4 is 29.5 Å². The number of hydrogen-bond donors (Lipinski definition) is 1. The average Bonchev–Trinajstić information content (AvgIpc) is 2.81. The molecule has 0 saturated heterocycles. The summed E-state index contributed by atoms with van der Waals surface area (Å²) < 4.78 is 0. The predicted molar refractivity (Wildman–Crippen MR) is 135 cm³/mol. The lowest BCUT2D eigenvalue weighted by Crippen LogP contribution is -2.04. The second-order valence-corrected chi connectivity index (χ2v) is 8.92. The molecule has 6 heteroatoms. The second-order valence-electron chi connectivity index (χ2n) is 8.15. The van der Waals surface area contributed by atoms with Crippen LogP contribution >= 0.6 is 23.2 Å². The van der Waals surface area contributed by atoms with Crippen molar-refractivity contribution in [2.45, 2.75) is 89.9 Å². The maximum atomic E-state index is 11.0. The lowest BCUT2D eigenvalue weighted by Gasteiger charge is -2.13. The Morgan fingerprint density at radius 3 is 1.78 bits per heavy atom. The third-order valence-corrected chi connectivity index (χ3v) is 6.01. The highest BCUT2D eigenvalue weighted by Gasteiger charge is 2.11. The molecule has 0 fully saturated rings. The van der Waals surface area contributed by atoms with E-state index in [1.807, 2.05) is 12.1 Å². The van der Waals surface area contributed by atoms with Gasteiger partial charge in [-0.1, -0.05) is 101 Å². The molecule has 0 spiro atoms. The van der Waals surface area contributed by atoms with Gasteiger partial charge in [0.2, 0.25) is 0 Å². The van der Waals surface area contributed by atoms with Crippen molar-refractivity contribution in [3.8, 4) is 0 Å². The summed E-state index contributed by atoms with van der Waals surface area (Å²) in [4.78, 5) is 19.0. The van der Waals surface area contributed by atoms with Gasteiger partial charge in [0.05, 0.1) is 0 Å². The number of carbonyl (C=O) groups is 1. The van der Waals surface area contributed by atoms with Crippen molar-refractivity contribution in [2.24, 2.45) is 0 Å². The molecule has 0 saturated carbocycles. The highest BCUT2D eigenvalue weighted by molar-refractivity contribution is 6.29. The number of aliphatic hydroxyl groups is 1. The molecule has 0 bridgehead atoms. The molecule has 2 atom stereocenters. The summed E-state index contributed by atoms with van der Waals surface area (Å²) in [5, 5.41) is 10.3. The fraction of sp³-hybridized carbons (Fsp3) is 0.577. The molecule has 2 unspecified atom stereocenters. The number of halogens is 2. The molecule has 0 aromatic carbocycles. The van der Waals surface area contributed by atoms with Gasteiger partial charge in [-0.15, -0.1) is 0 Å². The van der Waals surface area contributed by atoms with Crippen LogP contribution in [0.15, 0.2) is 36.7 Å². The van der Waals surface area contributed by atoms with Crippen molar-refractivity contribution in [2.75, 3.05) is 6.61 Å². The average molecular weight is 482 g/mol. The number of unbranched alkanes of at least 4 members (excludes halogenated alkanes) is 6. The Labute approximate surface area is 203 Å². The van der Waals surface area contributed by atoms with Crippen LogP contribution in [0.3, 0.4) is 0 Å². The molecule has 2 heterocycles. The van der Waals surface area contributed by atoms with Crippen LogP contribution < -0.4 is 0 Å². The van der Waals surface area contributed by atoms with Crippen LogP contribution in [0.5, 0.6) is 0 Å². The quantitative estimate of drug-likeness (QED) is 0.170. The number of carbonyl (C=O) groups excluding carboxylic acids is 1. The third-order valence-electron chi connectivity index (χ3n) is 5.56. The third kappa shape index (κ3) is 11.9. The Bertz CT molecular complexity index is 724. The first-order valence-electron chi connectivity index (χ1n) is 11.8. The molecule has 0 aliphatic carbocycles. The Kier molecular flexibility index (Phi) is 16.1. The van der Waals surface area contributed by atoms with E-state index in [9.17, 15) is 9.90 Å². The van der Waals surface area contributed by atoms with Crippen molar-refractivity contribution in [1.82, 2.24) is 9.97 Å². The van der Waals surface area contributed by atoms with Crippen LogP contribution in [-0.4, -0.2) is 28.0 Å². The summed E-state index contributed by atoms with van der Waals surface area (Å²) in [5.41, 5.74) is 2.05. The topological polar surface area (TPSA) is 63.1 Å². The normalized spacial score (nSPS) is 12.5. The van der Waals surface area contributed by atoms with Crippen LogP contribution in [0.25, 0.3) is 0 Å². The Morgan fingerprint density at radius 1 is 0.812 bits per heavy atom. The number of nitrogens with zero attached hydrogens (tertiary/aromatic N) is 2. The minimum absolute atomic E-state index is 0.0263. The van der Waals surface area contributed by atoms with Crippen LogP contribution in [0.4, 0.5) is 0 Å². The molecule has 2 aromatic rings. The summed E-state index contributed by atoms with van der Waals surface area (Å²) in [7, 11) is 0. The molecule has 1 N–H and O–H groups in total. The van der Waals surface area contributed by atoms with Gasteiger partial charge in [-0.05, 0) is 36.1 Å². The van der Waals surface area contributed by atoms with E-state index in [0.29, 0.717) is 10.3 Å². The largest absolute Gasteiger partial charge is 0.396 e. The Morgan fingerprint density at radius 2 is 1.34 bits per heavy atom. The summed E-state index contributed by atoms with van der Waals surface area (Å²) in [6.45, 7) is 4.57. The maximum Gasteiger partial charge on any atom is 0.129 e. The van der Waals surface area contributed by atoms with E-state index in [1.165, 1.54) is 44.9 Å². The van der Waals surface area contributed by atoms with Crippen molar-refractivity contribution in [3.05, 3.63) is 58.1 Å². The van der Waals surface area contributed by atoms with Gasteiger partial charge < -0.3 is 9.90 Å². The van der Waals surface area contributed by atoms with Gasteiger partial charge in [-0.25, -0.2) is 9.97 Å². The van der Waals surface area contributed by atoms with Crippen LogP contribution in [0.1, 0.15) is 101 Å². The van der Waals surface area contributed by atoms with E-state index < -0.39 is 0 Å². The van der Waals surface area contributed by atoms with Gasteiger partial charge >= 0.3 is 0 Å². The van der Waals surface area contributed by atoms with E-state index in [4.69, 9.17) is 23.2 Å². The lowest BCUT2D eigenvalue weighted by molar-refractivity contribution is -0.109. The zero-order valence-corrected chi connectivity index (χ0v) is 21.0. The van der Waals surface area contributed by atoms with Gasteiger partial charge in [-0.2, -0.15) is 0 Å². The number of aldehydes is 1. The van der Waals surface area contributed by atoms with Crippen molar-refractivity contribution < 1.29 is 9.90 Å². The minimum atomic E-state index is -0.0263. The Balaban J connectivity index is 0.000000320. The van der Waals surface area contributed by atoms with E-state index in [2.05, 4.69) is 23.8 Å². The Hall–Kier alpha value is -1.49. The van der Waals surface area contributed by atoms with Gasteiger partial charge in [0.15, 0.2) is 0 Å². The zero-order valence-electron chi connectivity index (χ0n) is 19.5. The van der Waals surface area contributed by atoms with E-state index in [0.717, 1.165) is 36.7 Å². The molecule has 2 rings (SSSR count). The molecule has 0 amide bonds. The molecule has 2 aromatic heterocycles. The molecule has 0 radical (unpaired) electrons. The monoisotopic (exact) mass is 480 g/mol. The first kappa shape index (κ1) is 28.5. The summed E-state index contributed by atoms with van der Waals surface area (Å²) in [6.07, 6.45) is 16.1. The molecule has 178 valence electrons. The highest BCUT2D eigenvalue weighted by atomic mass is 35.5. The minimum Gasteiger partial charge on any atom is -0.396 e. The van der Waals surface area contributed by atoms with Gasteiger partial charge in [0, 0.05) is 30.8 Å². The summed E-state index contributed by atoms with van der Waals surface area (Å²) in [6, 6.07) is 7.36. The number of aromatic nitrogens is 2. The van der Waals surface area contributed by atoms with Crippen LogP contribution in [0.2, 0.25) is 10.3 Å².